The van der Waals surface area contributed by atoms with Crippen LogP contribution < -0.4 is 10.0 Å². The van der Waals surface area contributed by atoms with Gasteiger partial charge >= 0.3 is 0 Å². The lowest BCUT2D eigenvalue weighted by Gasteiger charge is -2.23. The van der Waals surface area contributed by atoms with Crippen LogP contribution in [0.5, 0.6) is 0 Å². The van der Waals surface area contributed by atoms with Crippen LogP contribution in [0.15, 0.2) is 23.1 Å². The average molecular weight is 304 g/mol. The molecule has 0 aliphatic carbocycles. The molecular weight excluding hydrogens is 286 g/mol. The molecule has 4 nitrogen and oxygen atoms in total. The molecule has 0 aromatic heterocycles. The lowest BCUT2D eigenvalue weighted by atomic mass is 10.0. The maximum Gasteiger partial charge on any atom is 0.240 e. The third-order valence-corrected chi connectivity index (χ3v) is 4.86. The molecule has 1 atom stereocenters. The summed E-state index contributed by atoms with van der Waals surface area (Å²) in [4.78, 5) is -0.256. The molecule has 1 aliphatic rings. The van der Waals surface area contributed by atoms with Gasteiger partial charge in [0.1, 0.15) is 0 Å². The zero-order valence-electron chi connectivity index (χ0n) is 11.0. The molecule has 112 valence electrons. The van der Waals surface area contributed by atoms with Gasteiger partial charge in [0.05, 0.1) is 4.90 Å². The Hall–Kier alpha value is -1.05. The molecular formula is C13H18F2N2O2S. The molecule has 0 spiro atoms. The van der Waals surface area contributed by atoms with Crippen LogP contribution in [0.1, 0.15) is 25.7 Å². The van der Waals surface area contributed by atoms with Crippen LogP contribution >= 0.6 is 0 Å². The second kappa shape index (κ2) is 6.60. The minimum Gasteiger partial charge on any atom is -0.314 e. The number of piperidine rings is 1. The van der Waals surface area contributed by atoms with Crippen LogP contribution in [-0.4, -0.2) is 27.5 Å². The van der Waals surface area contributed by atoms with Crippen LogP contribution in [0.4, 0.5) is 8.78 Å². The third-order valence-electron chi connectivity index (χ3n) is 3.40. The Morgan fingerprint density at radius 1 is 1.25 bits per heavy atom. The van der Waals surface area contributed by atoms with Crippen molar-refractivity contribution in [2.75, 3.05) is 13.1 Å². The van der Waals surface area contributed by atoms with Crippen molar-refractivity contribution in [3.63, 3.8) is 0 Å². The highest BCUT2D eigenvalue weighted by atomic mass is 32.2. The summed E-state index contributed by atoms with van der Waals surface area (Å²) in [5, 5.41) is 3.32. The molecule has 1 heterocycles. The Morgan fingerprint density at radius 2 is 2.05 bits per heavy atom. The van der Waals surface area contributed by atoms with Crippen molar-refractivity contribution < 1.29 is 17.2 Å². The highest BCUT2D eigenvalue weighted by molar-refractivity contribution is 7.89. The molecule has 0 bridgehead atoms. The van der Waals surface area contributed by atoms with Crippen LogP contribution in [-0.2, 0) is 10.0 Å². The van der Waals surface area contributed by atoms with Gasteiger partial charge in [0.25, 0.3) is 0 Å². The lowest BCUT2D eigenvalue weighted by Crippen LogP contribution is -2.37. The third kappa shape index (κ3) is 3.97. The number of benzene rings is 1. The van der Waals surface area contributed by atoms with E-state index < -0.39 is 21.7 Å². The Morgan fingerprint density at radius 3 is 2.70 bits per heavy atom. The molecule has 2 rings (SSSR count). The molecule has 1 aromatic carbocycles. The molecule has 1 saturated heterocycles. The van der Waals surface area contributed by atoms with E-state index in [1.165, 1.54) is 0 Å². The number of sulfonamides is 1. The van der Waals surface area contributed by atoms with Gasteiger partial charge in [-0.1, -0.05) is 6.42 Å². The molecule has 1 aliphatic heterocycles. The van der Waals surface area contributed by atoms with Gasteiger partial charge in [0, 0.05) is 12.6 Å². The summed E-state index contributed by atoms with van der Waals surface area (Å²) in [6.07, 6.45) is 4.01. The summed E-state index contributed by atoms with van der Waals surface area (Å²) >= 11 is 0. The van der Waals surface area contributed by atoms with E-state index in [1.807, 2.05) is 0 Å². The summed E-state index contributed by atoms with van der Waals surface area (Å²) in [7, 11) is -3.78. The summed E-state index contributed by atoms with van der Waals surface area (Å²) in [5.74, 6) is -2.22. The Kier molecular flexibility index (Phi) is 5.06. The lowest BCUT2D eigenvalue weighted by molar-refractivity contribution is 0.382. The standard InChI is InChI=1S/C13H18F2N2O2S/c14-12-5-4-11(9-13(12)15)20(18,19)17-8-6-10-3-1-2-7-16-10/h4-5,9-10,16-17H,1-3,6-8H2. The molecule has 1 unspecified atom stereocenters. The number of nitrogens with one attached hydrogen (secondary N) is 2. The molecule has 20 heavy (non-hydrogen) atoms. The first-order chi connectivity index (χ1) is 9.49. The van der Waals surface area contributed by atoms with Crippen molar-refractivity contribution in [3.8, 4) is 0 Å². The number of halogens is 2. The zero-order chi connectivity index (χ0) is 14.6. The largest absolute Gasteiger partial charge is 0.314 e. The second-order valence-electron chi connectivity index (χ2n) is 4.91. The maximum absolute atomic E-state index is 13.0. The van der Waals surface area contributed by atoms with Gasteiger partial charge in [-0.05, 0) is 44.0 Å². The number of hydrogen-bond acceptors (Lipinski definition) is 3. The molecule has 1 aromatic rings. The predicted octanol–water partition coefficient (Wildman–Crippen LogP) is 1.78. The van der Waals surface area contributed by atoms with Crippen LogP contribution in [0.25, 0.3) is 0 Å². The van der Waals surface area contributed by atoms with E-state index in [0.717, 1.165) is 37.9 Å². The number of rotatable bonds is 5. The van der Waals surface area contributed by atoms with Crippen molar-refractivity contribution >= 4 is 10.0 Å². The van der Waals surface area contributed by atoms with Crippen molar-refractivity contribution in [2.24, 2.45) is 0 Å². The van der Waals surface area contributed by atoms with Crippen LogP contribution in [0.3, 0.4) is 0 Å². The fraction of sp³-hybridized carbons (Fsp3) is 0.538. The monoisotopic (exact) mass is 304 g/mol. The van der Waals surface area contributed by atoms with Crippen molar-refractivity contribution in [3.05, 3.63) is 29.8 Å². The normalized spacial score (nSPS) is 20.0. The molecule has 1 fully saturated rings. The van der Waals surface area contributed by atoms with E-state index in [9.17, 15) is 17.2 Å². The van der Waals surface area contributed by atoms with Crippen LogP contribution in [0, 0.1) is 11.6 Å². The van der Waals surface area contributed by atoms with Gasteiger partial charge in [-0.15, -0.1) is 0 Å². The second-order valence-corrected chi connectivity index (χ2v) is 6.68. The van der Waals surface area contributed by atoms with Gasteiger partial charge in [-0.3, -0.25) is 0 Å². The highest BCUT2D eigenvalue weighted by Crippen LogP contribution is 2.14. The topological polar surface area (TPSA) is 58.2 Å². The van der Waals surface area contributed by atoms with Gasteiger partial charge in [0.2, 0.25) is 10.0 Å². The van der Waals surface area contributed by atoms with Gasteiger partial charge < -0.3 is 5.32 Å². The summed E-state index contributed by atoms with van der Waals surface area (Å²) < 4.78 is 52.1. The van der Waals surface area contributed by atoms with Gasteiger partial charge in [-0.2, -0.15) is 0 Å². The van der Waals surface area contributed by atoms with E-state index in [4.69, 9.17) is 0 Å². The van der Waals surface area contributed by atoms with E-state index >= 15 is 0 Å². The number of hydrogen-bond donors (Lipinski definition) is 2. The van der Waals surface area contributed by atoms with Gasteiger partial charge in [0.15, 0.2) is 11.6 Å². The van der Waals surface area contributed by atoms with E-state index in [2.05, 4.69) is 10.0 Å². The molecule has 2 N–H and O–H groups in total. The van der Waals surface area contributed by atoms with E-state index in [0.29, 0.717) is 18.5 Å². The fourth-order valence-electron chi connectivity index (χ4n) is 2.27. The zero-order valence-corrected chi connectivity index (χ0v) is 11.8. The van der Waals surface area contributed by atoms with Crippen LogP contribution in [0.2, 0.25) is 0 Å². The smallest absolute Gasteiger partial charge is 0.240 e. The minimum absolute atomic E-state index is 0.256. The fourth-order valence-corrected chi connectivity index (χ4v) is 3.32. The first kappa shape index (κ1) is 15.3. The summed E-state index contributed by atoms with van der Waals surface area (Å²) in [5.41, 5.74) is 0. The molecule has 0 saturated carbocycles. The van der Waals surface area contributed by atoms with Crippen molar-refractivity contribution in [1.82, 2.24) is 10.0 Å². The quantitative estimate of drug-likeness (QED) is 0.872. The predicted molar refractivity (Wildman–Crippen MR) is 71.8 cm³/mol. The minimum atomic E-state index is -3.78. The first-order valence-electron chi connectivity index (χ1n) is 6.67. The Labute approximate surface area is 117 Å². The van der Waals surface area contributed by atoms with Gasteiger partial charge in [-0.25, -0.2) is 21.9 Å². The van der Waals surface area contributed by atoms with Crippen molar-refractivity contribution in [1.29, 1.82) is 0 Å². The summed E-state index contributed by atoms with van der Waals surface area (Å²) in [6, 6.07) is 2.87. The Balaban J connectivity index is 1.91. The van der Waals surface area contributed by atoms with Crippen molar-refractivity contribution in [2.45, 2.75) is 36.6 Å². The molecule has 7 heteroatoms. The summed E-state index contributed by atoms with van der Waals surface area (Å²) in [6.45, 7) is 1.24. The SMILES string of the molecule is O=S(=O)(NCCC1CCCCN1)c1ccc(F)c(F)c1. The molecule has 0 amide bonds. The highest BCUT2D eigenvalue weighted by Gasteiger charge is 2.18. The van der Waals surface area contributed by atoms with E-state index in [-0.39, 0.29) is 11.4 Å². The van der Waals surface area contributed by atoms with E-state index in [1.54, 1.807) is 0 Å². The first-order valence-corrected chi connectivity index (χ1v) is 8.15. The average Bonchev–Trinajstić information content (AvgIpc) is 2.43. The maximum atomic E-state index is 13.0. The molecule has 0 radical (unpaired) electrons. The Bertz CT molecular complexity index is 557.